The van der Waals surface area contributed by atoms with Crippen molar-refractivity contribution in [2.75, 3.05) is 0 Å². The zero-order valence-electron chi connectivity index (χ0n) is 33.1. The van der Waals surface area contributed by atoms with Crippen LogP contribution >= 0.6 is 0 Å². The molecule has 4 unspecified atom stereocenters. The molecule has 0 heterocycles. The van der Waals surface area contributed by atoms with Gasteiger partial charge >= 0.3 is 0 Å². The number of rotatable bonds is 8. The molecule has 4 atom stereocenters. The largest absolute Gasteiger partial charge is 0.507 e. The molecule has 1 radical (unpaired) electrons. The molecular formula is C45H71CoO2-. The Hall–Kier alpha value is -1.97. The minimum absolute atomic E-state index is 0. The molecule has 0 amide bonds. The van der Waals surface area contributed by atoms with Crippen LogP contribution in [0, 0.1) is 19.3 Å². The predicted octanol–water partition coefficient (Wildman–Crippen LogP) is 14.0. The summed E-state index contributed by atoms with van der Waals surface area (Å²) in [5.74, 6) is 3.35. The summed E-state index contributed by atoms with van der Waals surface area (Å²) in [5.41, 5.74) is 9.83. The van der Waals surface area contributed by atoms with Crippen molar-refractivity contribution in [1.29, 1.82) is 0 Å². The van der Waals surface area contributed by atoms with Crippen LogP contribution < -0.4 is 0 Å². The fourth-order valence-corrected chi connectivity index (χ4v) is 7.51. The first-order chi connectivity index (χ1) is 21.5. The summed E-state index contributed by atoms with van der Waals surface area (Å²) in [4.78, 5) is 0. The van der Waals surface area contributed by atoms with Gasteiger partial charge in [-0.15, -0.1) is 0 Å². The maximum absolute atomic E-state index is 10.9. The fourth-order valence-electron chi connectivity index (χ4n) is 7.51. The van der Waals surface area contributed by atoms with Gasteiger partial charge in [0.15, 0.2) is 0 Å². The average molecular weight is 703 g/mol. The average Bonchev–Trinajstić information content (AvgIpc) is 2.99. The van der Waals surface area contributed by atoms with Gasteiger partial charge in [0.25, 0.3) is 0 Å². The minimum Gasteiger partial charge on any atom is -0.507 e. The van der Waals surface area contributed by atoms with Crippen molar-refractivity contribution in [2.24, 2.45) is 11.8 Å². The van der Waals surface area contributed by atoms with Gasteiger partial charge in [-0.25, -0.2) is 0 Å². The van der Waals surface area contributed by atoms with Gasteiger partial charge in [-0.2, -0.15) is 0 Å². The molecule has 2 saturated carbocycles. The van der Waals surface area contributed by atoms with E-state index in [-0.39, 0.29) is 35.0 Å². The Morgan fingerprint density at radius 3 is 1.21 bits per heavy atom. The Balaban J connectivity index is 0.000000461. The number of phenolic OH excluding ortho intramolecular Hbond substituents is 2. The molecule has 2 fully saturated rings. The molecule has 0 saturated heterocycles. The Labute approximate surface area is 307 Å². The summed E-state index contributed by atoms with van der Waals surface area (Å²) in [6, 6.07) is 8.99. The Kier molecular flexibility index (Phi) is 17.3. The van der Waals surface area contributed by atoms with E-state index in [1.165, 1.54) is 84.8 Å². The zero-order valence-corrected chi connectivity index (χ0v) is 34.1. The van der Waals surface area contributed by atoms with Crippen LogP contribution in [0.2, 0.25) is 0 Å². The molecule has 2 aliphatic rings. The molecule has 2 aliphatic carbocycles. The van der Waals surface area contributed by atoms with Crippen molar-refractivity contribution in [1.82, 2.24) is 0 Å². The van der Waals surface area contributed by atoms with Gasteiger partial charge < -0.3 is 17.6 Å². The van der Waals surface area contributed by atoms with Crippen LogP contribution in [0.25, 0.3) is 12.2 Å². The van der Waals surface area contributed by atoms with E-state index in [1.54, 1.807) is 0 Å². The summed E-state index contributed by atoms with van der Waals surface area (Å²) in [6.07, 6.45) is 16.7. The maximum Gasteiger partial charge on any atom is 0.126 e. The number of phenols is 2. The molecule has 2 aromatic rings. The predicted molar refractivity (Wildman–Crippen MR) is 209 cm³/mol. The number of benzene rings is 2. The van der Waals surface area contributed by atoms with Gasteiger partial charge in [0.2, 0.25) is 0 Å². The molecule has 3 heteroatoms. The smallest absolute Gasteiger partial charge is 0.126 e. The van der Waals surface area contributed by atoms with E-state index in [0.29, 0.717) is 35.2 Å². The Morgan fingerprint density at radius 1 is 0.625 bits per heavy atom. The second kappa shape index (κ2) is 18.9. The Morgan fingerprint density at radius 2 is 0.938 bits per heavy atom. The van der Waals surface area contributed by atoms with Crippen molar-refractivity contribution >= 4 is 12.2 Å². The van der Waals surface area contributed by atoms with Gasteiger partial charge in [0.1, 0.15) is 11.5 Å². The molecule has 4 rings (SSSR count). The third kappa shape index (κ3) is 11.0. The van der Waals surface area contributed by atoms with E-state index >= 15 is 0 Å². The first kappa shape index (κ1) is 44.0. The standard InChI is InChI=1S/2C22H34O.CH3.Co/c2*1-7-22(5,6)18-13-17(12-15(2)3)21(23)20(14-18)19-11-9-8-10-16(19)4;;/h2*12-14,16,19,23H,7-11H2,1-6H3;1H3;/q;;-1;. The molecule has 0 bridgehead atoms. The van der Waals surface area contributed by atoms with E-state index in [9.17, 15) is 10.2 Å². The van der Waals surface area contributed by atoms with Crippen molar-refractivity contribution < 1.29 is 27.0 Å². The first-order valence-electron chi connectivity index (χ1n) is 18.6. The third-order valence-corrected chi connectivity index (χ3v) is 11.6. The number of allylic oxidation sites excluding steroid dienone is 2. The number of hydrogen-bond acceptors (Lipinski definition) is 2. The zero-order chi connectivity index (χ0) is 34.4. The molecular weight excluding hydrogens is 631 g/mol. The monoisotopic (exact) mass is 702 g/mol. The normalized spacial score (nSPS) is 21.1. The first-order valence-corrected chi connectivity index (χ1v) is 18.6. The van der Waals surface area contributed by atoms with Gasteiger partial charge in [-0.05, 0) is 122 Å². The van der Waals surface area contributed by atoms with Crippen molar-refractivity contribution in [3.05, 3.63) is 76.2 Å². The topological polar surface area (TPSA) is 40.5 Å². The second-order valence-electron chi connectivity index (χ2n) is 16.7. The molecule has 0 spiro atoms. The minimum atomic E-state index is 0. The van der Waals surface area contributed by atoms with E-state index in [4.69, 9.17) is 0 Å². The molecule has 0 aromatic heterocycles. The molecule has 48 heavy (non-hydrogen) atoms. The Bertz CT molecular complexity index is 1260. The van der Waals surface area contributed by atoms with E-state index in [2.05, 4.69) is 120 Å². The van der Waals surface area contributed by atoms with Gasteiger partial charge in [0.05, 0.1) is 0 Å². The quantitative estimate of drug-likeness (QED) is 0.269. The molecule has 2 N–H and O–H groups in total. The van der Waals surface area contributed by atoms with Gasteiger partial charge in [-0.3, -0.25) is 0 Å². The summed E-state index contributed by atoms with van der Waals surface area (Å²) in [7, 11) is 0. The third-order valence-electron chi connectivity index (χ3n) is 11.6. The van der Waals surface area contributed by atoms with Crippen molar-refractivity contribution in [3.63, 3.8) is 0 Å². The van der Waals surface area contributed by atoms with Crippen molar-refractivity contribution in [3.8, 4) is 11.5 Å². The van der Waals surface area contributed by atoms with Crippen LogP contribution in [0.1, 0.15) is 193 Å². The van der Waals surface area contributed by atoms with Gasteiger partial charge in [0, 0.05) is 27.9 Å². The second-order valence-corrected chi connectivity index (χ2v) is 16.7. The number of hydrogen-bond donors (Lipinski definition) is 2. The molecule has 273 valence electrons. The van der Waals surface area contributed by atoms with Crippen LogP contribution in [0.5, 0.6) is 11.5 Å². The summed E-state index contributed by atoms with van der Waals surface area (Å²) < 4.78 is 0. The van der Waals surface area contributed by atoms with E-state index < -0.39 is 0 Å². The maximum atomic E-state index is 10.9. The molecule has 2 aromatic carbocycles. The number of aromatic hydroxyl groups is 2. The van der Waals surface area contributed by atoms with Crippen LogP contribution in [0.3, 0.4) is 0 Å². The molecule has 0 aliphatic heterocycles. The van der Waals surface area contributed by atoms with Crippen molar-refractivity contribution in [2.45, 2.75) is 170 Å². The van der Waals surface area contributed by atoms with Crippen LogP contribution in [-0.2, 0) is 27.6 Å². The fraction of sp³-hybridized carbons (Fsp3) is 0.622. The summed E-state index contributed by atoms with van der Waals surface area (Å²) in [6.45, 7) is 26.8. The SMILES string of the molecule is CCC(C)(C)c1cc(C=C(C)C)c(O)c(C2CCCCC2C)c1.CCC(C)(C)c1cc(C=C(C)C)c(O)c(C2CCCCC2C)c1.[CH3-].[Co]. The summed E-state index contributed by atoms with van der Waals surface area (Å²) in [5, 5.41) is 21.9. The van der Waals surface area contributed by atoms with E-state index in [0.717, 1.165) is 24.0 Å². The summed E-state index contributed by atoms with van der Waals surface area (Å²) >= 11 is 0. The van der Waals surface area contributed by atoms with Gasteiger partial charge in [-0.1, -0.05) is 129 Å². The molecule has 2 nitrogen and oxygen atoms in total. The van der Waals surface area contributed by atoms with Crippen LogP contribution in [0.15, 0.2) is 35.4 Å². The van der Waals surface area contributed by atoms with E-state index in [1.807, 2.05) is 0 Å². The van der Waals surface area contributed by atoms with Crippen LogP contribution in [-0.4, -0.2) is 10.2 Å². The van der Waals surface area contributed by atoms with Crippen LogP contribution in [0.4, 0.5) is 0 Å².